The van der Waals surface area contributed by atoms with Gasteiger partial charge in [0.15, 0.2) is 5.69 Å². The van der Waals surface area contributed by atoms with E-state index in [0.717, 1.165) is 5.56 Å². The van der Waals surface area contributed by atoms with E-state index in [-0.39, 0.29) is 54.0 Å². The van der Waals surface area contributed by atoms with Crippen LogP contribution < -0.4 is 0 Å². The van der Waals surface area contributed by atoms with Crippen molar-refractivity contribution in [3.8, 4) is 5.75 Å². The molecule has 148 valence electrons. The van der Waals surface area contributed by atoms with Gasteiger partial charge >= 0.3 is 0 Å². The summed E-state index contributed by atoms with van der Waals surface area (Å²) in [7, 11) is 0. The predicted octanol–water partition coefficient (Wildman–Crippen LogP) is 2.83. The third kappa shape index (κ3) is 4.30. The van der Waals surface area contributed by atoms with Gasteiger partial charge < -0.3 is 14.9 Å². The standard InChI is InChI=1S/C21H24FN3O3/c1-14(2)17-13-24(21(28)20-18(26)4-3-10-23-20)11-9-19(27)25(17)12-15-5-7-16(22)8-6-15/h3-8,10,14,17,26H,9,11-13H2,1-2H3/t17-/m1/s1. The van der Waals surface area contributed by atoms with Crippen molar-refractivity contribution in [3.63, 3.8) is 0 Å². The largest absolute Gasteiger partial charge is 0.505 e. The Labute approximate surface area is 163 Å². The molecule has 0 bridgehead atoms. The second-order valence-corrected chi connectivity index (χ2v) is 7.33. The molecular formula is C21H24FN3O3. The fourth-order valence-corrected chi connectivity index (χ4v) is 3.43. The van der Waals surface area contributed by atoms with E-state index >= 15 is 0 Å². The zero-order valence-electron chi connectivity index (χ0n) is 16.0. The Balaban J connectivity index is 1.84. The highest BCUT2D eigenvalue weighted by Gasteiger charge is 2.34. The summed E-state index contributed by atoms with van der Waals surface area (Å²) in [4.78, 5) is 33.0. The van der Waals surface area contributed by atoms with Crippen LogP contribution in [-0.2, 0) is 11.3 Å². The zero-order valence-corrected chi connectivity index (χ0v) is 16.0. The van der Waals surface area contributed by atoms with E-state index in [0.29, 0.717) is 13.1 Å². The first-order valence-corrected chi connectivity index (χ1v) is 9.34. The first-order valence-electron chi connectivity index (χ1n) is 9.34. The first kappa shape index (κ1) is 19.8. The summed E-state index contributed by atoms with van der Waals surface area (Å²) in [6, 6.07) is 8.86. The molecular weight excluding hydrogens is 361 g/mol. The Bertz CT molecular complexity index is 854. The van der Waals surface area contributed by atoms with Crippen molar-refractivity contribution in [1.29, 1.82) is 0 Å². The van der Waals surface area contributed by atoms with Crippen molar-refractivity contribution in [2.45, 2.75) is 32.9 Å². The van der Waals surface area contributed by atoms with Crippen LogP contribution in [0.4, 0.5) is 4.39 Å². The Morgan fingerprint density at radius 3 is 2.64 bits per heavy atom. The molecule has 28 heavy (non-hydrogen) atoms. The summed E-state index contributed by atoms with van der Waals surface area (Å²) in [5.74, 6) is -0.829. The molecule has 1 aliphatic heterocycles. The van der Waals surface area contributed by atoms with Crippen LogP contribution in [0.5, 0.6) is 5.75 Å². The number of hydrogen-bond acceptors (Lipinski definition) is 4. The topological polar surface area (TPSA) is 73.7 Å². The third-order valence-electron chi connectivity index (χ3n) is 5.04. The lowest BCUT2D eigenvalue weighted by atomic mass is 10.0. The molecule has 7 heteroatoms. The lowest BCUT2D eigenvalue weighted by Crippen LogP contribution is -2.47. The molecule has 1 atom stereocenters. The fraction of sp³-hybridized carbons (Fsp3) is 0.381. The molecule has 0 saturated carbocycles. The second kappa shape index (κ2) is 8.37. The van der Waals surface area contributed by atoms with E-state index in [1.807, 2.05) is 13.8 Å². The summed E-state index contributed by atoms with van der Waals surface area (Å²) in [6.45, 7) is 4.97. The van der Waals surface area contributed by atoms with Gasteiger partial charge in [-0.2, -0.15) is 0 Å². The van der Waals surface area contributed by atoms with Crippen molar-refractivity contribution >= 4 is 11.8 Å². The lowest BCUT2D eigenvalue weighted by molar-refractivity contribution is -0.134. The summed E-state index contributed by atoms with van der Waals surface area (Å²) in [5, 5.41) is 9.96. The Morgan fingerprint density at radius 2 is 2.00 bits per heavy atom. The van der Waals surface area contributed by atoms with Crippen LogP contribution in [0.25, 0.3) is 0 Å². The molecule has 1 saturated heterocycles. The first-order chi connectivity index (χ1) is 13.4. The number of benzene rings is 1. The van der Waals surface area contributed by atoms with Crippen LogP contribution in [0.2, 0.25) is 0 Å². The monoisotopic (exact) mass is 385 g/mol. The van der Waals surface area contributed by atoms with Gasteiger partial charge in [0, 0.05) is 32.3 Å². The van der Waals surface area contributed by atoms with E-state index in [4.69, 9.17) is 0 Å². The van der Waals surface area contributed by atoms with Crippen molar-refractivity contribution in [1.82, 2.24) is 14.8 Å². The number of aromatic hydroxyl groups is 1. The Kier molecular flexibility index (Phi) is 5.92. The van der Waals surface area contributed by atoms with Crippen LogP contribution in [0.3, 0.4) is 0 Å². The Hall–Kier alpha value is -2.96. The predicted molar refractivity (Wildman–Crippen MR) is 102 cm³/mol. The molecule has 1 aromatic heterocycles. The minimum atomic E-state index is -0.389. The molecule has 1 fully saturated rings. The van der Waals surface area contributed by atoms with Crippen molar-refractivity contribution in [3.05, 3.63) is 59.7 Å². The van der Waals surface area contributed by atoms with E-state index in [1.54, 1.807) is 28.0 Å². The number of pyridine rings is 1. The van der Waals surface area contributed by atoms with Gasteiger partial charge in [-0.1, -0.05) is 26.0 Å². The molecule has 1 aromatic carbocycles. The lowest BCUT2D eigenvalue weighted by Gasteiger charge is -2.34. The highest BCUT2D eigenvalue weighted by Crippen LogP contribution is 2.23. The van der Waals surface area contributed by atoms with Crippen LogP contribution in [0.1, 0.15) is 36.3 Å². The van der Waals surface area contributed by atoms with E-state index < -0.39 is 0 Å². The van der Waals surface area contributed by atoms with E-state index in [1.165, 1.54) is 24.4 Å². The molecule has 2 heterocycles. The maximum atomic E-state index is 13.2. The average Bonchev–Trinajstić information content (AvgIpc) is 2.83. The van der Waals surface area contributed by atoms with Gasteiger partial charge in [0.25, 0.3) is 5.91 Å². The molecule has 1 aliphatic rings. The number of nitrogens with zero attached hydrogens (tertiary/aromatic N) is 3. The minimum Gasteiger partial charge on any atom is -0.505 e. The molecule has 1 N–H and O–H groups in total. The summed E-state index contributed by atoms with van der Waals surface area (Å²) in [5.41, 5.74) is 0.826. The highest BCUT2D eigenvalue weighted by atomic mass is 19.1. The van der Waals surface area contributed by atoms with Crippen molar-refractivity contribution in [2.24, 2.45) is 5.92 Å². The van der Waals surface area contributed by atoms with Gasteiger partial charge in [0.2, 0.25) is 5.91 Å². The molecule has 6 nitrogen and oxygen atoms in total. The fourth-order valence-electron chi connectivity index (χ4n) is 3.43. The molecule has 0 unspecified atom stereocenters. The maximum absolute atomic E-state index is 13.2. The number of aromatic nitrogens is 1. The smallest absolute Gasteiger partial charge is 0.276 e. The zero-order chi connectivity index (χ0) is 20.3. The molecule has 2 aromatic rings. The Morgan fingerprint density at radius 1 is 1.29 bits per heavy atom. The molecule has 0 spiro atoms. The molecule has 3 rings (SSSR count). The van der Waals surface area contributed by atoms with Crippen LogP contribution in [0, 0.1) is 11.7 Å². The maximum Gasteiger partial charge on any atom is 0.276 e. The summed E-state index contributed by atoms with van der Waals surface area (Å²) >= 11 is 0. The number of rotatable bonds is 4. The number of hydrogen-bond donors (Lipinski definition) is 1. The summed E-state index contributed by atoms with van der Waals surface area (Å²) < 4.78 is 13.2. The molecule has 2 amide bonds. The SMILES string of the molecule is CC(C)[C@H]1CN(C(=O)c2ncccc2O)CCC(=O)N1Cc1ccc(F)cc1. The van der Waals surface area contributed by atoms with Crippen molar-refractivity contribution in [2.75, 3.05) is 13.1 Å². The molecule has 0 radical (unpaired) electrons. The number of carbonyl (C=O) groups excluding carboxylic acids is 2. The van der Waals surface area contributed by atoms with Gasteiger partial charge in [-0.15, -0.1) is 0 Å². The average molecular weight is 385 g/mol. The number of carbonyl (C=O) groups is 2. The van der Waals surface area contributed by atoms with Gasteiger partial charge in [-0.3, -0.25) is 9.59 Å². The van der Waals surface area contributed by atoms with Crippen LogP contribution in [0.15, 0.2) is 42.6 Å². The van der Waals surface area contributed by atoms with Crippen molar-refractivity contribution < 1.29 is 19.1 Å². The quantitative estimate of drug-likeness (QED) is 0.878. The van der Waals surface area contributed by atoms with E-state index in [9.17, 15) is 19.1 Å². The summed E-state index contributed by atoms with van der Waals surface area (Å²) in [6.07, 6.45) is 1.64. The van der Waals surface area contributed by atoms with Crippen LogP contribution >= 0.6 is 0 Å². The molecule has 0 aliphatic carbocycles. The van der Waals surface area contributed by atoms with Gasteiger partial charge in [-0.25, -0.2) is 9.37 Å². The second-order valence-electron chi connectivity index (χ2n) is 7.33. The highest BCUT2D eigenvalue weighted by molar-refractivity contribution is 5.95. The van der Waals surface area contributed by atoms with Gasteiger partial charge in [0.1, 0.15) is 11.6 Å². The third-order valence-corrected chi connectivity index (χ3v) is 5.04. The minimum absolute atomic E-state index is 0.00978. The normalized spacial score (nSPS) is 17.7. The number of halogens is 1. The van der Waals surface area contributed by atoms with E-state index in [2.05, 4.69) is 4.98 Å². The van der Waals surface area contributed by atoms with Gasteiger partial charge in [-0.05, 0) is 35.7 Å². The van der Waals surface area contributed by atoms with Gasteiger partial charge in [0.05, 0.1) is 6.04 Å². The van der Waals surface area contributed by atoms with Crippen LogP contribution in [-0.4, -0.2) is 50.8 Å². The number of amides is 2.